The van der Waals surface area contributed by atoms with Crippen LogP contribution in [0.2, 0.25) is 10.2 Å². The molecule has 126 valence electrons. The molecule has 5 nitrogen and oxygen atoms in total. The summed E-state index contributed by atoms with van der Waals surface area (Å²) in [6, 6.07) is 11.8. The van der Waals surface area contributed by atoms with Crippen LogP contribution in [0.25, 0.3) is 11.3 Å². The molecule has 1 amide bonds. The highest BCUT2D eigenvalue weighted by Crippen LogP contribution is 2.33. The molecule has 3 rings (SSSR count). The average Bonchev–Trinajstić information content (AvgIpc) is 2.61. The van der Waals surface area contributed by atoms with Crippen molar-refractivity contribution in [2.24, 2.45) is 0 Å². The third-order valence-corrected chi connectivity index (χ3v) is 3.97. The van der Waals surface area contributed by atoms with E-state index in [1.54, 1.807) is 48.7 Å². The summed E-state index contributed by atoms with van der Waals surface area (Å²) in [7, 11) is 1.53. The van der Waals surface area contributed by atoms with Gasteiger partial charge in [0.15, 0.2) is 0 Å². The van der Waals surface area contributed by atoms with Crippen LogP contribution in [-0.2, 0) is 0 Å². The zero-order chi connectivity index (χ0) is 17.8. The lowest BCUT2D eigenvalue weighted by atomic mass is 10.1. The minimum Gasteiger partial charge on any atom is -0.496 e. The van der Waals surface area contributed by atoms with E-state index in [2.05, 4.69) is 15.3 Å². The Kier molecular flexibility index (Phi) is 5.16. The molecule has 2 aromatic heterocycles. The van der Waals surface area contributed by atoms with E-state index in [1.165, 1.54) is 13.3 Å². The number of aromatic nitrogens is 2. The van der Waals surface area contributed by atoms with Crippen molar-refractivity contribution in [2.75, 3.05) is 12.4 Å². The fraction of sp³-hybridized carbons (Fsp3) is 0.0556. The van der Waals surface area contributed by atoms with Crippen LogP contribution in [0, 0.1) is 0 Å². The van der Waals surface area contributed by atoms with Crippen molar-refractivity contribution < 1.29 is 9.53 Å². The second kappa shape index (κ2) is 7.51. The van der Waals surface area contributed by atoms with Crippen LogP contribution in [-0.4, -0.2) is 23.0 Å². The predicted molar refractivity (Wildman–Crippen MR) is 98.4 cm³/mol. The summed E-state index contributed by atoms with van der Waals surface area (Å²) in [6.45, 7) is 0. The lowest BCUT2D eigenvalue weighted by molar-refractivity contribution is 0.102. The number of rotatable bonds is 4. The molecule has 0 aliphatic carbocycles. The van der Waals surface area contributed by atoms with Crippen LogP contribution in [0.3, 0.4) is 0 Å². The van der Waals surface area contributed by atoms with Crippen LogP contribution in [0.1, 0.15) is 10.4 Å². The fourth-order valence-electron chi connectivity index (χ4n) is 2.30. The first-order valence-electron chi connectivity index (χ1n) is 7.30. The molecule has 0 atom stereocenters. The number of ether oxygens (including phenoxy) is 1. The Morgan fingerprint density at radius 1 is 1.08 bits per heavy atom. The number of hydrogen-bond acceptors (Lipinski definition) is 4. The number of nitrogens with zero attached hydrogens (tertiary/aromatic N) is 2. The minimum atomic E-state index is -0.292. The van der Waals surface area contributed by atoms with Gasteiger partial charge in [-0.25, -0.2) is 4.98 Å². The summed E-state index contributed by atoms with van der Waals surface area (Å²) < 4.78 is 5.41. The van der Waals surface area contributed by atoms with Crippen LogP contribution in [0.4, 0.5) is 5.69 Å². The minimum absolute atomic E-state index is 0.292. The topological polar surface area (TPSA) is 64.1 Å². The van der Waals surface area contributed by atoms with Crippen molar-refractivity contribution in [3.8, 4) is 17.0 Å². The Hall–Kier alpha value is -2.63. The van der Waals surface area contributed by atoms with Gasteiger partial charge in [0.25, 0.3) is 5.91 Å². The number of carbonyl (C=O) groups is 1. The van der Waals surface area contributed by atoms with Crippen molar-refractivity contribution in [1.29, 1.82) is 0 Å². The number of pyridine rings is 2. The predicted octanol–water partition coefficient (Wildman–Crippen LogP) is 4.71. The van der Waals surface area contributed by atoms with Crippen molar-refractivity contribution in [3.05, 3.63) is 70.6 Å². The molecule has 3 aromatic rings. The van der Waals surface area contributed by atoms with E-state index in [4.69, 9.17) is 27.9 Å². The number of benzene rings is 1. The monoisotopic (exact) mass is 373 g/mol. The quantitative estimate of drug-likeness (QED) is 0.672. The van der Waals surface area contributed by atoms with E-state index in [9.17, 15) is 4.79 Å². The molecule has 0 radical (unpaired) electrons. The SMILES string of the molecule is COc1cc(C(=O)Nc2ccnc(Cl)c2)ccc1-c1ncccc1Cl. The van der Waals surface area contributed by atoms with E-state index in [0.717, 1.165) is 0 Å². The Bertz CT molecular complexity index is 932. The summed E-state index contributed by atoms with van der Waals surface area (Å²) in [5.41, 5.74) is 2.28. The summed E-state index contributed by atoms with van der Waals surface area (Å²) >= 11 is 12.0. The smallest absolute Gasteiger partial charge is 0.255 e. The number of nitrogens with one attached hydrogen (secondary N) is 1. The highest BCUT2D eigenvalue weighted by molar-refractivity contribution is 6.33. The fourth-order valence-corrected chi connectivity index (χ4v) is 2.69. The van der Waals surface area contributed by atoms with Crippen LogP contribution < -0.4 is 10.1 Å². The van der Waals surface area contributed by atoms with Gasteiger partial charge >= 0.3 is 0 Å². The van der Waals surface area contributed by atoms with E-state index >= 15 is 0 Å². The van der Waals surface area contributed by atoms with Crippen LogP contribution >= 0.6 is 23.2 Å². The molecule has 0 fully saturated rings. The largest absolute Gasteiger partial charge is 0.496 e. The highest BCUT2D eigenvalue weighted by atomic mass is 35.5. The Labute approximate surface area is 154 Å². The molecule has 0 saturated heterocycles. The molecule has 0 aliphatic heterocycles. The molecular formula is C18H13Cl2N3O2. The molecule has 7 heteroatoms. The summed E-state index contributed by atoms with van der Waals surface area (Å²) in [4.78, 5) is 20.6. The third kappa shape index (κ3) is 3.90. The average molecular weight is 374 g/mol. The molecule has 25 heavy (non-hydrogen) atoms. The molecule has 0 bridgehead atoms. The van der Waals surface area contributed by atoms with E-state index < -0.39 is 0 Å². The molecule has 0 unspecified atom stereocenters. The van der Waals surface area contributed by atoms with E-state index in [-0.39, 0.29) is 5.91 Å². The van der Waals surface area contributed by atoms with Gasteiger partial charge in [-0.05, 0) is 42.5 Å². The van der Waals surface area contributed by atoms with Crippen molar-refractivity contribution >= 4 is 34.8 Å². The number of halogens is 2. The first-order chi connectivity index (χ1) is 12.1. The van der Waals surface area contributed by atoms with Gasteiger partial charge in [-0.1, -0.05) is 23.2 Å². The van der Waals surface area contributed by atoms with Gasteiger partial charge in [-0.3, -0.25) is 9.78 Å². The van der Waals surface area contributed by atoms with Crippen LogP contribution in [0.15, 0.2) is 54.9 Å². The van der Waals surface area contributed by atoms with Gasteiger partial charge in [-0.2, -0.15) is 0 Å². The molecule has 1 N–H and O–H groups in total. The standard InChI is InChI=1S/C18H13Cl2N3O2/c1-25-15-9-11(18(24)23-12-6-8-21-16(20)10-12)4-5-13(15)17-14(19)3-2-7-22-17/h2-10H,1H3,(H,21,23,24). The molecule has 0 spiro atoms. The number of hydrogen-bond donors (Lipinski definition) is 1. The molecule has 2 heterocycles. The number of amides is 1. The summed E-state index contributed by atoms with van der Waals surface area (Å²) in [5, 5.41) is 3.57. The Balaban J connectivity index is 1.91. The Morgan fingerprint density at radius 2 is 1.92 bits per heavy atom. The van der Waals surface area contributed by atoms with Crippen LogP contribution in [0.5, 0.6) is 5.75 Å². The van der Waals surface area contributed by atoms with Gasteiger partial charge in [0.1, 0.15) is 10.9 Å². The van der Waals surface area contributed by atoms with Gasteiger partial charge < -0.3 is 10.1 Å². The molecule has 1 aromatic carbocycles. The molecular weight excluding hydrogens is 361 g/mol. The van der Waals surface area contributed by atoms with Gasteiger partial charge in [0.05, 0.1) is 17.8 Å². The lowest BCUT2D eigenvalue weighted by Gasteiger charge is -2.11. The Morgan fingerprint density at radius 3 is 2.64 bits per heavy atom. The summed E-state index contributed by atoms with van der Waals surface area (Å²) in [6.07, 6.45) is 3.17. The second-order valence-electron chi connectivity index (χ2n) is 5.07. The van der Waals surface area contributed by atoms with Gasteiger partial charge in [-0.15, -0.1) is 0 Å². The maximum Gasteiger partial charge on any atom is 0.255 e. The zero-order valence-electron chi connectivity index (χ0n) is 13.2. The zero-order valence-corrected chi connectivity index (χ0v) is 14.7. The summed E-state index contributed by atoms with van der Waals surface area (Å²) in [5.74, 6) is 0.209. The molecule has 0 saturated carbocycles. The second-order valence-corrected chi connectivity index (χ2v) is 5.86. The van der Waals surface area contributed by atoms with Crippen molar-refractivity contribution in [1.82, 2.24) is 9.97 Å². The van der Waals surface area contributed by atoms with Gasteiger partial charge in [0.2, 0.25) is 0 Å². The number of anilines is 1. The first kappa shape index (κ1) is 17.2. The first-order valence-corrected chi connectivity index (χ1v) is 8.06. The normalized spacial score (nSPS) is 10.4. The highest BCUT2D eigenvalue weighted by Gasteiger charge is 2.14. The molecule has 0 aliphatic rings. The van der Waals surface area contributed by atoms with Crippen molar-refractivity contribution in [3.63, 3.8) is 0 Å². The van der Waals surface area contributed by atoms with Crippen molar-refractivity contribution in [2.45, 2.75) is 0 Å². The number of carbonyl (C=O) groups excluding carboxylic acids is 1. The third-order valence-electron chi connectivity index (χ3n) is 3.46. The maximum absolute atomic E-state index is 12.4. The van der Waals surface area contributed by atoms with Gasteiger partial charge in [0, 0.05) is 29.2 Å². The lowest BCUT2D eigenvalue weighted by Crippen LogP contribution is -2.12. The van der Waals surface area contributed by atoms with E-state index in [1.807, 2.05) is 0 Å². The maximum atomic E-state index is 12.4. The van der Waals surface area contributed by atoms with E-state index in [0.29, 0.717) is 38.4 Å². The number of methoxy groups -OCH3 is 1.